The number of hydrogen-bond donors (Lipinski definition) is 0. The van der Waals surface area contributed by atoms with Gasteiger partial charge in [0.2, 0.25) is 5.91 Å². The number of benzene rings is 1. The minimum absolute atomic E-state index is 0.000916. The first-order chi connectivity index (χ1) is 11.4. The van der Waals surface area contributed by atoms with E-state index in [1.54, 1.807) is 14.1 Å². The average Bonchev–Trinajstić information content (AvgIpc) is 2.51. The van der Waals surface area contributed by atoms with E-state index in [9.17, 15) is 22.8 Å². The van der Waals surface area contributed by atoms with Crippen molar-refractivity contribution in [3.63, 3.8) is 0 Å². The van der Waals surface area contributed by atoms with E-state index >= 15 is 0 Å². The van der Waals surface area contributed by atoms with E-state index in [0.717, 1.165) is 17.2 Å². The lowest BCUT2D eigenvalue weighted by Gasteiger charge is -2.19. The van der Waals surface area contributed by atoms with Crippen LogP contribution in [-0.2, 0) is 24.2 Å². The molecule has 0 heterocycles. The van der Waals surface area contributed by atoms with Gasteiger partial charge in [-0.1, -0.05) is 11.6 Å². The monoisotopic (exact) mass is 390 g/mol. The highest BCUT2D eigenvalue weighted by Gasteiger charge is 2.20. The van der Waals surface area contributed by atoms with Crippen LogP contribution in [0.4, 0.5) is 0 Å². The number of ether oxygens (including phenoxy) is 1. The van der Waals surface area contributed by atoms with Gasteiger partial charge >= 0.3 is 5.97 Å². The first-order valence-electron chi connectivity index (χ1n) is 7.04. The van der Waals surface area contributed by atoms with Gasteiger partial charge in [-0.15, -0.1) is 0 Å². The van der Waals surface area contributed by atoms with Crippen LogP contribution in [-0.4, -0.2) is 76.6 Å². The van der Waals surface area contributed by atoms with Crippen LogP contribution in [0.1, 0.15) is 10.4 Å². The number of likely N-dealkylation sites (N-methyl/N-ethyl adjacent to an activating group) is 2. The molecule has 0 aliphatic carbocycles. The molecule has 0 spiro atoms. The molecule has 8 nitrogen and oxygen atoms in total. The van der Waals surface area contributed by atoms with E-state index < -0.39 is 28.3 Å². The second kappa shape index (κ2) is 8.30. The normalized spacial score (nSPS) is 10.9. The van der Waals surface area contributed by atoms with E-state index in [1.165, 1.54) is 24.1 Å². The van der Waals surface area contributed by atoms with Gasteiger partial charge in [0.15, 0.2) is 16.4 Å². The van der Waals surface area contributed by atoms with E-state index in [-0.39, 0.29) is 27.9 Å². The number of sulfone groups is 1. The summed E-state index contributed by atoms with van der Waals surface area (Å²) in [6.07, 6.45) is 0.992. The van der Waals surface area contributed by atoms with Gasteiger partial charge in [0.05, 0.1) is 22.0 Å². The third-order valence-corrected chi connectivity index (χ3v) is 4.65. The molecule has 0 saturated carbocycles. The van der Waals surface area contributed by atoms with Crippen LogP contribution >= 0.6 is 11.6 Å². The maximum Gasteiger partial charge on any atom is 0.340 e. The molecule has 0 aliphatic rings. The molecule has 0 fully saturated rings. The second-order valence-corrected chi connectivity index (χ2v) is 7.95. The van der Waals surface area contributed by atoms with Gasteiger partial charge in [-0.3, -0.25) is 9.59 Å². The van der Waals surface area contributed by atoms with Crippen molar-refractivity contribution in [2.24, 2.45) is 0 Å². The van der Waals surface area contributed by atoms with E-state index in [4.69, 9.17) is 16.3 Å². The summed E-state index contributed by atoms with van der Waals surface area (Å²) in [5.74, 6) is -1.80. The molecule has 1 rings (SSSR count). The summed E-state index contributed by atoms with van der Waals surface area (Å²) in [5.41, 5.74) is -0.163. The Kier molecular flexibility index (Phi) is 6.95. The summed E-state index contributed by atoms with van der Waals surface area (Å²) in [4.78, 5) is 37.8. The number of nitrogens with zero attached hydrogens (tertiary/aromatic N) is 2. The molecule has 0 atom stereocenters. The fourth-order valence-corrected chi connectivity index (χ4v) is 2.48. The molecule has 0 saturated heterocycles. The highest BCUT2D eigenvalue weighted by atomic mass is 35.5. The zero-order valence-electron chi connectivity index (χ0n) is 14.3. The minimum Gasteiger partial charge on any atom is -0.452 e. The van der Waals surface area contributed by atoms with Crippen molar-refractivity contribution in [3.05, 3.63) is 28.8 Å². The largest absolute Gasteiger partial charge is 0.452 e. The summed E-state index contributed by atoms with van der Waals surface area (Å²) >= 11 is 5.88. The highest BCUT2D eigenvalue weighted by Crippen LogP contribution is 2.21. The summed E-state index contributed by atoms with van der Waals surface area (Å²) in [6.45, 7) is -0.761. The van der Waals surface area contributed by atoms with Gasteiger partial charge in [-0.05, 0) is 18.2 Å². The summed E-state index contributed by atoms with van der Waals surface area (Å²) < 4.78 is 27.9. The quantitative estimate of drug-likeness (QED) is 0.653. The Morgan fingerprint density at radius 2 is 1.72 bits per heavy atom. The lowest BCUT2D eigenvalue weighted by atomic mass is 10.2. The van der Waals surface area contributed by atoms with Crippen LogP contribution in [0.25, 0.3) is 0 Å². The Balaban J connectivity index is 2.77. The van der Waals surface area contributed by atoms with Crippen molar-refractivity contribution in [1.29, 1.82) is 0 Å². The van der Waals surface area contributed by atoms with Crippen molar-refractivity contribution >= 4 is 39.2 Å². The topological polar surface area (TPSA) is 101 Å². The van der Waals surface area contributed by atoms with Crippen LogP contribution in [0.2, 0.25) is 5.02 Å². The zero-order valence-corrected chi connectivity index (χ0v) is 15.8. The molecule has 10 heteroatoms. The molecule has 0 radical (unpaired) electrons. The third kappa shape index (κ3) is 6.02. The van der Waals surface area contributed by atoms with Crippen molar-refractivity contribution in [2.45, 2.75) is 4.90 Å². The van der Waals surface area contributed by atoms with Gasteiger partial charge < -0.3 is 14.5 Å². The lowest BCUT2D eigenvalue weighted by molar-refractivity contribution is -0.139. The number of rotatable bonds is 6. The molecule has 0 N–H and O–H groups in total. The fourth-order valence-electron chi connectivity index (χ4n) is 1.64. The van der Waals surface area contributed by atoms with Gasteiger partial charge in [-0.25, -0.2) is 13.2 Å². The molecule has 25 heavy (non-hydrogen) atoms. The Hall–Kier alpha value is -2.13. The Morgan fingerprint density at radius 1 is 1.12 bits per heavy atom. The molecule has 0 aliphatic heterocycles. The van der Waals surface area contributed by atoms with E-state index in [1.807, 2.05) is 0 Å². The van der Waals surface area contributed by atoms with Crippen LogP contribution in [0.15, 0.2) is 23.1 Å². The first kappa shape index (κ1) is 20.9. The van der Waals surface area contributed by atoms with Crippen LogP contribution in [0.5, 0.6) is 0 Å². The molecule has 0 bridgehead atoms. The first-order valence-corrected chi connectivity index (χ1v) is 9.31. The maximum absolute atomic E-state index is 12.1. The Morgan fingerprint density at radius 3 is 2.24 bits per heavy atom. The molecule has 138 valence electrons. The number of halogens is 1. The predicted molar refractivity (Wildman–Crippen MR) is 91.2 cm³/mol. The summed E-state index contributed by atoms with van der Waals surface area (Å²) in [5, 5.41) is 0.000916. The van der Waals surface area contributed by atoms with Gasteiger partial charge in [0.1, 0.15) is 0 Å². The second-order valence-electron chi connectivity index (χ2n) is 5.53. The molecule has 1 aromatic rings. The van der Waals surface area contributed by atoms with Crippen LogP contribution in [0, 0.1) is 0 Å². The Bertz CT molecular complexity index is 791. The van der Waals surface area contributed by atoms with Crippen molar-refractivity contribution in [2.75, 3.05) is 40.6 Å². The number of carbonyl (C=O) groups excluding carboxylic acids is 3. The molecule has 1 aromatic carbocycles. The lowest BCUT2D eigenvalue weighted by Crippen LogP contribution is -2.39. The van der Waals surface area contributed by atoms with Crippen molar-refractivity contribution in [1.82, 2.24) is 9.80 Å². The fraction of sp³-hybridized carbons (Fsp3) is 0.400. The predicted octanol–water partition coefficient (Wildman–Crippen LogP) is 0.447. The SMILES string of the molecule is CN(C)C(=O)CN(C)C(=O)COC(=O)c1cc(S(C)(=O)=O)ccc1Cl. The molecular formula is C15H19ClN2O6S. The van der Waals surface area contributed by atoms with Crippen LogP contribution < -0.4 is 0 Å². The number of esters is 1. The van der Waals surface area contributed by atoms with Gasteiger partial charge in [-0.2, -0.15) is 0 Å². The number of carbonyl (C=O) groups is 3. The molecular weight excluding hydrogens is 372 g/mol. The Labute approximate surface area is 151 Å². The summed E-state index contributed by atoms with van der Waals surface area (Å²) in [7, 11) is 0.978. The summed E-state index contributed by atoms with van der Waals surface area (Å²) in [6, 6.07) is 3.61. The van der Waals surface area contributed by atoms with Gasteiger partial charge in [0, 0.05) is 27.4 Å². The van der Waals surface area contributed by atoms with Crippen molar-refractivity contribution in [3.8, 4) is 0 Å². The third-order valence-electron chi connectivity index (χ3n) is 3.21. The standard InChI is InChI=1S/C15H19ClN2O6S/c1-17(2)13(19)8-18(3)14(20)9-24-15(21)11-7-10(25(4,22)23)5-6-12(11)16/h5-7H,8-9H2,1-4H3. The van der Waals surface area contributed by atoms with Crippen molar-refractivity contribution < 1.29 is 27.5 Å². The molecule has 2 amide bonds. The average molecular weight is 391 g/mol. The number of amides is 2. The van der Waals surface area contributed by atoms with Gasteiger partial charge in [0.25, 0.3) is 5.91 Å². The van der Waals surface area contributed by atoms with E-state index in [2.05, 4.69) is 0 Å². The smallest absolute Gasteiger partial charge is 0.340 e. The molecule has 0 aromatic heterocycles. The maximum atomic E-state index is 12.1. The highest BCUT2D eigenvalue weighted by molar-refractivity contribution is 7.90. The zero-order chi connectivity index (χ0) is 19.4. The minimum atomic E-state index is -3.53. The van der Waals surface area contributed by atoms with Crippen LogP contribution in [0.3, 0.4) is 0 Å². The molecule has 0 unspecified atom stereocenters. The number of hydrogen-bond acceptors (Lipinski definition) is 6. The van der Waals surface area contributed by atoms with E-state index in [0.29, 0.717) is 0 Å².